The van der Waals surface area contributed by atoms with Gasteiger partial charge in [0.15, 0.2) is 10.1 Å². The summed E-state index contributed by atoms with van der Waals surface area (Å²) in [6, 6.07) is 31.2. The Bertz CT molecular complexity index is 1350. The van der Waals surface area contributed by atoms with E-state index in [1.807, 2.05) is 51.1 Å². The molecule has 1 radical (unpaired) electrons. The Balaban J connectivity index is 0.000000467. The van der Waals surface area contributed by atoms with Crippen LogP contribution in [0, 0.1) is 0 Å². The first-order valence-corrected chi connectivity index (χ1v) is 17.5. The van der Waals surface area contributed by atoms with Gasteiger partial charge in [0.05, 0.1) is 4.75 Å². The van der Waals surface area contributed by atoms with Crippen molar-refractivity contribution in [1.29, 1.82) is 0 Å². The summed E-state index contributed by atoms with van der Waals surface area (Å²) in [4.78, 5) is 0. The molecule has 0 spiro atoms. The number of hydrogen-bond donors (Lipinski definition) is 0. The van der Waals surface area contributed by atoms with Crippen LogP contribution in [0.2, 0.25) is 0 Å². The van der Waals surface area contributed by atoms with E-state index >= 15 is 0 Å². The molecule has 4 rings (SSSR count). The maximum absolute atomic E-state index is 13.6. The van der Waals surface area contributed by atoms with Gasteiger partial charge in [0.2, 0.25) is 0 Å². The first-order valence-electron chi connectivity index (χ1n) is 13.7. The van der Waals surface area contributed by atoms with E-state index in [0.29, 0.717) is 6.54 Å². The Labute approximate surface area is 276 Å². The fourth-order valence-corrected chi connectivity index (χ4v) is 8.48. The normalized spacial score (nSPS) is 15.7. The summed E-state index contributed by atoms with van der Waals surface area (Å²) >= 11 is 0. The summed E-state index contributed by atoms with van der Waals surface area (Å²) in [6.07, 6.45) is 14.0. The third-order valence-corrected chi connectivity index (χ3v) is 10.9. The molecule has 1 aliphatic carbocycles. The Hall–Kier alpha value is -2.00. The quantitative estimate of drug-likeness (QED) is 0.0850. The van der Waals surface area contributed by atoms with Gasteiger partial charge in [-0.1, -0.05) is 115 Å². The van der Waals surface area contributed by atoms with Crippen LogP contribution < -0.4 is 10.6 Å². The minimum atomic E-state index is -6.09. The zero-order valence-electron chi connectivity index (χ0n) is 24.8. The molecule has 3 aromatic rings. The average Bonchev–Trinajstić information content (AvgIpc) is 2.93. The molecule has 0 amide bonds. The molecule has 0 bridgehead atoms. The summed E-state index contributed by atoms with van der Waals surface area (Å²) in [5, 5.41) is 2.43. The number of nitrogens with zero attached hydrogens (tertiary/aromatic N) is 1. The number of hydrogen-bond acceptors (Lipinski definition) is 4. The van der Waals surface area contributed by atoms with Crippen molar-refractivity contribution in [3.05, 3.63) is 121 Å². The van der Waals surface area contributed by atoms with E-state index in [-0.39, 0.29) is 24.2 Å². The smallest absolute Gasteiger partial charge is 0.485 e. The molecular weight excluding hydrogens is 717 g/mol. The van der Waals surface area contributed by atoms with Gasteiger partial charge < -0.3 is 4.55 Å². The van der Waals surface area contributed by atoms with Crippen LogP contribution in [0.4, 0.5) is 13.2 Å². The molecule has 243 valence electrons. The van der Waals surface area contributed by atoms with Gasteiger partial charge in [-0.05, 0) is 62.6 Å². The SMILES string of the molecule is C1=C\CC/C=C\CC/1.CC(C)(C)[S@@](=O)N(Cc1ccccc1)P(c1ccccc1)c1ccccc1.O=S(=O)([O-])C(F)(F)F.[Rh]. The van der Waals surface area contributed by atoms with Crippen LogP contribution in [-0.2, 0) is 47.1 Å². The molecule has 0 N–H and O–H groups in total. The van der Waals surface area contributed by atoms with Crippen molar-refractivity contribution in [2.24, 2.45) is 0 Å². The van der Waals surface area contributed by atoms with Crippen LogP contribution in [0.5, 0.6) is 0 Å². The molecule has 5 nitrogen and oxygen atoms in total. The van der Waals surface area contributed by atoms with Crippen molar-refractivity contribution >= 4 is 39.8 Å². The summed E-state index contributed by atoms with van der Waals surface area (Å²) in [6.45, 7) is 6.79. The van der Waals surface area contributed by atoms with Gasteiger partial charge >= 0.3 is 5.51 Å². The van der Waals surface area contributed by atoms with E-state index < -0.39 is 34.7 Å². The largest absolute Gasteiger partial charge is 0.741 e. The van der Waals surface area contributed by atoms with Crippen LogP contribution in [0.25, 0.3) is 0 Å². The molecule has 0 fully saturated rings. The second-order valence-electron chi connectivity index (χ2n) is 10.3. The average molecular weight is 756 g/mol. The number of benzene rings is 3. The number of halogens is 3. The number of allylic oxidation sites excluding steroid dienone is 4. The molecule has 0 aromatic heterocycles. The molecule has 44 heavy (non-hydrogen) atoms. The molecule has 0 saturated heterocycles. The minimum absolute atomic E-state index is 0. The molecule has 12 heteroatoms. The van der Waals surface area contributed by atoms with Gasteiger partial charge in [0.25, 0.3) is 0 Å². The van der Waals surface area contributed by atoms with Crippen molar-refractivity contribution in [2.75, 3.05) is 0 Å². The second-order valence-corrected chi connectivity index (χ2v) is 16.3. The Morgan fingerprint density at radius 2 is 1.05 bits per heavy atom. The summed E-state index contributed by atoms with van der Waals surface area (Å²) in [5.74, 6) is 0. The Morgan fingerprint density at radius 3 is 1.34 bits per heavy atom. The van der Waals surface area contributed by atoms with Gasteiger partial charge in [-0.3, -0.25) is 0 Å². The standard InChI is InChI=1S/C23H26NOPS.C8H12.CHF3O3S.Rh/c1-23(2,3)27(25)24(19-20-13-7-4-8-14-20)26(21-15-9-5-10-16-21)22-17-11-6-12-18-22;1-2-4-6-8-7-5-3-1;2-1(3,4)8(5,6)7;/h4-18H,19H2,1-3H3;1-2,7-8H,3-6H2;(H,5,6,7);/p-1/b;2-1-,8-7-;;/t27-;;;/m1.../s1. The molecule has 0 heterocycles. The molecule has 0 unspecified atom stereocenters. The zero-order chi connectivity index (χ0) is 31.9. The van der Waals surface area contributed by atoms with Gasteiger partial charge in [-0.25, -0.2) is 12.6 Å². The van der Waals surface area contributed by atoms with E-state index in [9.17, 15) is 17.4 Å². The van der Waals surface area contributed by atoms with Crippen LogP contribution in [0.1, 0.15) is 52.0 Å². The first-order chi connectivity index (χ1) is 20.2. The van der Waals surface area contributed by atoms with E-state index in [4.69, 9.17) is 13.0 Å². The van der Waals surface area contributed by atoms with Crippen molar-refractivity contribution in [1.82, 2.24) is 4.08 Å². The molecule has 1 atom stereocenters. The molecular formula is C32H38F3NO4PRhS2-. The summed E-state index contributed by atoms with van der Waals surface area (Å²) in [7, 11) is -8.14. The maximum atomic E-state index is 13.6. The van der Waals surface area contributed by atoms with E-state index in [0.717, 1.165) is 0 Å². The fourth-order valence-electron chi connectivity index (χ4n) is 3.66. The Morgan fingerprint density at radius 1 is 0.727 bits per heavy atom. The third-order valence-electron chi connectivity index (χ3n) is 5.72. The molecule has 0 saturated carbocycles. The van der Waals surface area contributed by atoms with Gasteiger partial charge in [-0.15, -0.1) is 0 Å². The van der Waals surface area contributed by atoms with E-state index in [2.05, 4.69) is 89.0 Å². The minimum Gasteiger partial charge on any atom is -0.741 e. The van der Waals surface area contributed by atoms with Crippen molar-refractivity contribution in [2.45, 2.75) is 63.3 Å². The first kappa shape index (κ1) is 40.0. The summed E-state index contributed by atoms with van der Waals surface area (Å²) in [5.41, 5.74) is -4.47. The number of alkyl halides is 3. The molecule has 1 aliphatic rings. The maximum Gasteiger partial charge on any atom is 0.485 e. The van der Waals surface area contributed by atoms with Crippen LogP contribution >= 0.6 is 8.07 Å². The number of rotatable bonds is 6. The van der Waals surface area contributed by atoms with Crippen molar-refractivity contribution in [3.63, 3.8) is 0 Å². The van der Waals surface area contributed by atoms with Gasteiger partial charge in [0, 0.05) is 34.1 Å². The summed E-state index contributed by atoms with van der Waals surface area (Å²) < 4.78 is 74.4. The van der Waals surface area contributed by atoms with E-state index in [1.54, 1.807) is 0 Å². The van der Waals surface area contributed by atoms with Crippen molar-refractivity contribution in [3.8, 4) is 0 Å². The molecule has 0 aliphatic heterocycles. The Kier molecular flexibility index (Phi) is 17.7. The monoisotopic (exact) mass is 755 g/mol. The zero-order valence-corrected chi connectivity index (χ0v) is 29.0. The van der Waals surface area contributed by atoms with Crippen molar-refractivity contribution < 1.29 is 49.8 Å². The molecule has 3 aromatic carbocycles. The van der Waals surface area contributed by atoms with Gasteiger partial charge in [-0.2, -0.15) is 17.2 Å². The van der Waals surface area contributed by atoms with Gasteiger partial charge in [0.1, 0.15) is 11.0 Å². The van der Waals surface area contributed by atoms with E-state index in [1.165, 1.54) is 41.9 Å². The predicted molar refractivity (Wildman–Crippen MR) is 171 cm³/mol. The fraction of sp³-hybridized carbons (Fsp3) is 0.312. The predicted octanol–water partition coefficient (Wildman–Crippen LogP) is 7.72. The second kappa shape index (κ2) is 19.5. The van der Waals surface area contributed by atoms with Crippen LogP contribution in [0.15, 0.2) is 115 Å². The topological polar surface area (TPSA) is 77.5 Å². The van der Waals surface area contributed by atoms with Crippen LogP contribution in [0.3, 0.4) is 0 Å². The van der Waals surface area contributed by atoms with Crippen LogP contribution in [-0.4, -0.2) is 31.5 Å². The third kappa shape index (κ3) is 14.4.